The number of benzene rings is 2. The Morgan fingerprint density at radius 3 is 2.10 bits per heavy atom. The van der Waals surface area contributed by atoms with Gasteiger partial charge in [0, 0.05) is 6.07 Å². The van der Waals surface area contributed by atoms with Crippen LogP contribution in [0, 0.1) is 17.6 Å². The lowest BCUT2D eigenvalue weighted by Gasteiger charge is -2.25. The topological polar surface area (TPSA) is 84.5 Å². The molecule has 2 atom stereocenters. The molecule has 0 fully saturated rings. The molecule has 0 aliphatic rings. The van der Waals surface area contributed by atoms with Crippen LogP contribution >= 0.6 is 0 Å². The Hall–Kier alpha value is -3.29. The van der Waals surface area contributed by atoms with Crippen LogP contribution in [0.25, 0.3) is 0 Å². The molecule has 6 nitrogen and oxygen atoms in total. The Morgan fingerprint density at radius 1 is 0.967 bits per heavy atom. The number of rotatable bonds is 8. The molecule has 0 bridgehead atoms. The highest BCUT2D eigenvalue weighted by Gasteiger charge is 2.30. The molecule has 2 aromatic carbocycles. The van der Waals surface area contributed by atoms with Crippen LogP contribution in [-0.2, 0) is 25.5 Å². The highest BCUT2D eigenvalue weighted by molar-refractivity contribution is 5.91. The highest BCUT2D eigenvalue weighted by atomic mass is 19.1. The monoisotopic (exact) mass is 418 g/mol. The molecule has 0 aromatic heterocycles. The molecular formula is C22H24F2N2O4. The molecule has 2 aromatic rings. The largest absolute Gasteiger partial charge is 0.467 e. The van der Waals surface area contributed by atoms with Crippen LogP contribution in [-0.4, -0.2) is 30.9 Å². The predicted octanol–water partition coefficient (Wildman–Crippen LogP) is 2.68. The van der Waals surface area contributed by atoms with Crippen molar-refractivity contribution in [1.82, 2.24) is 10.6 Å². The molecule has 0 saturated heterocycles. The van der Waals surface area contributed by atoms with Crippen LogP contribution in [0.15, 0.2) is 48.5 Å². The third-order valence-corrected chi connectivity index (χ3v) is 4.41. The van der Waals surface area contributed by atoms with Gasteiger partial charge in [-0.15, -0.1) is 0 Å². The van der Waals surface area contributed by atoms with Crippen molar-refractivity contribution < 1.29 is 27.9 Å². The molecule has 0 saturated carbocycles. The van der Waals surface area contributed by atoms with E-state index in [0.29, 0.717) is 11.6 Å². The molecule has 8 heteroatoms. The lowest BCUT2D eigenvalue weighted by atomic mass is 10.0. The number of nitrogens with one attached hydrogen (secondary N) is 2. The van der Waals surface area contributed by atoms with Crippen molar-refractivity contribution in [3.8, 4) is 0 Å². The maximum absolute atomic E-state index is 13.3. The second kappa shape index (κ2) is 10.5. The SMILES string of the molecule is COC(=O)[C@@H](NC(=O)[C@@H](NC(=O)Cc1cc(F)cc(F)c1)C(C)C)c1ccccc1. The number of ether oxygens (including phenoxy) is 1. The van der Waals surface area contributed by atoms with Gasteiger partial charge in [-0.3, -0.25) is 9.59 Å². The van der Waals surface area contributed by atoms with Gasteiger partial charge in [0.15, 0.2) is 6.04 Å². The fourth-order valence-electron chi connectivity index (χ4n) is 2.93. The molecule has 0 heterocycles. The minimum Gasteiger partial charge on any atom is -0.467 e. The molecule has 0 radical (unpaired) electrons. The summed E-state index contributed by atoms with van der Waals surface area (Å²) in [7, 11) is 1.21. The van der Waals surface area contributed by atoms with Crippen molar-refractivity contribution >= 4 is 17.8 Å². The van der Waals surface area contributed by atoms with Gasteiger partial charge in [0.2, 0.25) is 11.8 Å². The van der Waals surface area contributed by atoms with Gasteiger partial charge in [-0.25, -0.2) is 13.6 Å². The zero-order valence-electron chi connectivity index (χ0n) is 16.9. The van der Waals surface area contributed by atoms with Gasteiger partial charge in [0.05, 0.1) is 13.5 Å². The number of hydrogen-bond donors (Lipinski definition) is 2. The summed E-state index contributed by atoms with van der Waals surface area (Å²) >= 11 is 0. The first-order chi connectivity index (χ1) is 14.2. The van der Waals surface area contributed by atoms with E-state index < -0.39 is 41.5 Å². The Balaban J connectivity index is 2.12. The summed E-state index contributed by atoms with van der Waals surface area (Å²) in [4.78, 5) is 37.4. The van der Waals surface area contributed by atoms with Crippen molar-refractivity contribution in [1.29, 1.82) is 0 Å². The van der Waals surface area contributed by atoms with Gasteiger partial charge >= 0.3 is 5.97 Å². The third kappa shape index (κ3) is 6.37. The molecular weight excluding hydrogens is 394 g/mol. The number of hydrogen-bond acceptors (Lipinski definition) is 4. The summed E-state index contributed by atoms with van der Waals surface area (Å²) < 4.78 is 31.4. The standard InChI is InChI=1S/C22H24F2N2O4/c1-13(2)19(25-18(27)11-14-9-16(23)12-17(24)10-14)21(28)26-20(22(29)30-3)15-7-5-4-6-8-15/h4-10,12-13,19-20H,11H2,1-3H3,(H,25,27)(H,26,28)/t19-,20-/m0/s1. The lowest BCUT2D eigenvalue weighted by Crippen LogP contribution is -2.51. The van der Waals surface area contributed by atoms with Gasteiger partial charge in [0.1, 0.15) is 17.7 Å². The van der Waals surface area contributed by atoms with E-state index in [4.69, 9.17) is 4.74 Å². The highest BCUT2D eigenvalue weighted by Crippen LogP contribution is 2.16. The number of amides is 2. The molecule has 0 unspecified atom stereocenters. The zero-order chi connectivity index (χ0) is 22.3. The number of halogens is 2. The van der Waals surface area contributed by atoms with E-state index in [0.717, 1.165) is 12.1 Å². The molecule has 0 spiro atoms. The van der Waals surface area contributed by atoms with Gasteiger partial charge < -0.3 is 15.4 Å². The number of methoxy groups -OCH3 is 1. The Morgan fingerprint density at radius 2 is 1.57 bits per heavy atom. The number of esters is 1. The third-order valence-electron chi connectivity index (χ3n) is 4.41. The van der Waals surface area contributed by atoms with Crippen molar-refractivity contribution in [2.75, 3.05) is 7.11 Å². The summed E-state index contributed by atoms with van der Waals surface area (Å²) in [5.41, 5.74) is 0.673. The van der Waals surface area contributed by atoms with E-state index in [2.05, 4.69) is 10.6 Å². The van der Waals surface area contributed by atoms with E-state index in [-0.39, 0.29) is 17.9 Å². The first-order valence-corrected chi connectivity index (χ1v) is 9.38. The summed E-state index contributed by atoms with van der Waals surface area (Å²) in [6.07, 6.45) is -0.301. The van der Waals surface area contributed by atoms with Crippen LogP contribution in [0.1, 0.15) is 31.0 Å². The zero-order valence-corrected chi connectivity index (χ0v) is 16.9. The fraction of sp³-hybridized carbons (Fsp3) is 0.318. The quantitative estimate of drug-likeness (QED) is 0.646. The summed E-state index contributed by atoms with van der Waals surface area (Å²) in [6.45, 7) is 3.45. The van der Waals surface area contributed by atoms with Crippen LogP contribution in [0.5, 0.6) is 0 Å². The first-order valence-electron chi connectivity index (χ1n) is 9.38. The average Bonchev–Trinajstić information content (AvgIpc) is 2.69. The van der Waals surface area contributed by atoms with Crippen molar-refractivity contribution in [3.63, 3.8) is 0 Å². The van der Waals surface area contributed by atoms with Gasteiger partial charge in [-0.05, 0) is 29.2 Å². The minimum absolute atomic E-state index is 0.143. The second-order valence-electron chi connectivity index (χ2n) is 7.12. The van der Waals surface area contributed by atoms with Gasteiger partial charge in [-0.2, -0.15) is 0 Å². The van der Waals surface area contributed by atoms with Crippen molar-refractivity contribution in [2.24, 2.45) is 5.92 Å². The maximum Gasteiger partial charge on any atom is 0.333 e. The first kappa shape index (κ1) is 23.0. The Bertz CT molecular complexity index is 883. The summed E-state index contributed by atoms with van der Waals surface area (Å²) in [6, 6.07) is 9.35. The van der Waals surface area contributed by atoms with Gasteiger partial charge in [-0.1, -0.05) is 44.2 Å². The average molecular weight is 418 g/mol. The van der Waals surface area contributed by atoms with Crippen molar-refractivity contribution in [3.05, 3.63) is 71.3 Å². The molecule has 2 rings (SSSR count). The van der Waals surface area contributed by atoms with E-state index >= 15 is 0 Å². The minimum atomic E-state index is -1.04. The van der Waals surface area contributed by atoms with Gasteiger partial charge in [0.25, 0.3) is 0 Å². The Kier molecular flexibility index (Phi) is 8.03. The molecule has 0 aliphatic heterocycles. The summed E-state index contributed by atoms with van der Waals surface area (Å²) in [5, 5.41) is 5.17. The second-order valence-corrected chi connectivity index (χ2v) is 7.12. The molecule has 160 valence electrons. The van der Waals surface area contributed by atoms with E-state index in [1.54, 1.807) is 44.2 Å². The van der Waals surface area contributed by atoms with Crippen LogP contribution < -0.4 is 10.6 Å². The molecule has 30 heavy (non-hydrogen) atoms. The van der Waals surface area contributed by atoms with E-state index in [1.807, 2.05) is 0 Å². The number of carbonyl (C=O) groups is 3. The molecule has 2 amide bonds. The van der Waals surface area contributed by atoms with E-state index in [1.165, 1.54) is 7.11 Å². The van der Waals surface area contributed by atoms with Crippen LogP contribution in [0.4, 0.5) is 8.78 Å². The lowest BCUT2D eigenvalue weighted by molar-refractivity contribution is -0.145. The molecule has 2 N–H and O–H groups in total. The normalized spacial score (nSPS) is 12.7. The summed E-state index contributed by atoms with van der Waals surface area (Å²) in [5.74, 6) is -3.71. The Labute approximate surface area is 173 Å². The van der Waals surface area contributed by atoms with Crippen LogP contribution in [0.2, 0.25) is 0 Å². The smallest absolute Gasteiger partial charge is 0.333 e. The van der Waals surface area contributed by atoms with Crippen LogP contribution in [0.3, 0.4) is 0 Å². The fourth-order valence-corrected chi connectivity index (χ4v) is 2.93. The molecule has 0 aliphatic carbocycles. The van der Waals surface area contributed by atoms with E-state index in [9.17, 15) is 23.2 Å². The maximum atomic E-state index is 13.3. The predicted molar refractivity (Wildman–Crippen MR) is 106 cm³/mol. The number of carbonyl (C=O) groups excluding carboxylic acids is 3. The van der Waals surface area contributed by atoms with Crippen molar-refractivity contribution in [2.45, 2.75) is 32.4 Å².